The molecule has 4 N–H and O–H groups in total. The second kappa shape index (κ2) is 31.4. The predicted octanol–water partition coefficient (Wildman–Crippen LogP) is 4.95. The number of piperidine rings is 1. The third kappa shape index (κ3) is 17.2. The van der Waals surface area contributed by atoms with Gasteiger partial charge in [0.25, 0.3) is 5.91 Å². The van der Waals surface area contributed by atoms with E-state index in [2.05, 4.69) is 10.6 Å². The second-order valence-corrected chi connectivity index (χ2v) is 24.4. The number of aromatic hydroxyl groups is 2. The van der Waals surface area contributed by atoms with Crippen molar-refractivity contribution in [1.82, 2.24) is 40.0 Å². The molecule has 6 amide bonds. The van der Waals surface area contributed by atoms with E-state index in [-0.39, 0.29) is 103 Å². The number of likely N-dealkylation sites (tertiary alicyclic amines) is 2. The summed E-state index contributed by atoms with van der Waals surface area (Å²) in [6.07, 6.45) is 3.83. The van der Waals surface area contributed by atoms with Crippen LogP contribution in [0.1, 0.15) is 150 Å². The fourth-order valence-corrected chi connectivity index (χ4v) is 12.6. The van der Waals surface area contributed by atoms with E-state index in [1.54, 1.807) is 28.7 Å². The number of hydrogen-bond donors (Lipinski definition) is 4. The van der Waals surface area contributed by atoms with Crippen LogP contribution in [-0.4, -0.2) is 203 Å². The first-order chi connectivity index (χ1) is 40.5. The summed E-state index contributed by atoms with van der Waals surface area (Å²) in [5.41, 5.74) is -0.224. The van der Waals surface area contributed by atoms with Crippen LogP contribution in [-0.2, 0) is 57.4 Å². The third-order valence-electron chi connectivity index (χ3n) is 17.7. The minimum absolute atomic E-state index is 0.0584. The number of esters is 1. The van der Waals surface area contributed by atoms with Crippen molar-refractivity contribution in [3.05, 3.63) is 48.0 Å². The number of nitrogens with one attached hydrogen (secondary N) is 2. The van der Waals surface area contributed by atoms with Gasteiger partial charge in [0.15, 0.2) is 0 Å². The highest BCUT2D eigenvalue weighted by molar-refractivity contribution is 5.96. The maximum absolute atomic E-state index is 14.8. The van der Waals surface area contributed by atoms with Gasteiger partial charge in [0, 0.05) is 97.6 Å². The molecule has 1 aliphatic carbocycles. The third-order valence-corrected chi connectivity index (χ3v) is 17.7. The molecule has 474 valence electrons. The Bertz CT molecular complexity index is 2550. The van der Waals surface area contributed by atoms with Gasteiger partial charge in [0.2, 0.25) is 41.3 Å². The maximum atomic E-state index is 14.8. The summed E-state index contributed by atoms with van der Waals surface area (Å²) >= 11 is 0. The number of rotatable bonds is 30. The summed E-state index contributed by atoms with van der Waals surface area (Å²) in [6.45, 7) is 15.9. The Morgan fingerprint density at radius 3 is 2.04 bits per heavy atom. The minimum atomic E-state index is -1.18. The topological polar surface area (TPSA) is 268 Å². The number of benzene rings is 1. The van der Waals surface area contributed by atoms with Crippen molar-refractivity contribution in [2.45, 2.75) is 192 Å². The molecule has 0 radical (unpaired) electrons. The molecular weight excluding hydrogens is 1100 g/mol. The number of nitrogens with zero attached hydrogens (tertiary/aromatic N) is 6. The first-order valence-electron chi connectivity index (χ1n) is 30.7. The van der Waals surface area contributed by atoms with Crippen LogP contribution in [0.2, 0.25) is 0 Å². The number of methoxy groups -OCH3 is 2. The van der Waals surface area contributed by atoms with Crippen LogP contribution >= 0.6 is 0 Å². The van der Waals surface area contributed by atoms with E-state index in [4.69, 9.17) is 23.9 Å². The standard InChI is InChI=1S/C62H96N8O15/c1-12-41(6)56(47(81-10)37-51(74)68-32-19-23-46(68)57(82-11)42(7)58(77)64-62(61(80)69-33-16-17-36-83-69)38-45(62)43-21-14-13-15-22-43)66(9)60(79)54(39(2)3)63-59(78)55(40(4)5)65(8)31-20-26-52(75)84-44-29-34-67(35-30-44)48(71)24-18-25-53(76)85-70-49(72)27-28-50(70)73/h13-15,21-22,27-28,39-42,44-47,54-57,72-73H,12,16-20,23-26,29-38H2,1-11H3,(H,63,78)(H,64,77). The largest absolute Gasteiger partial charge is 0.492 e. The van der Waals surface area contributed by atoms with Crippen LogP contribution in [0.25, 0.3) is 0 Å². The van der Waals surface area contributed by atoms with Gasteiger partial charge in [-0.3, -0.25) is 43.3 Å². The molecule has 4 fully saturated rings. The highest BCUT2D eigenvalue weighted by Gasteiger charge is 2.64. The monoisotopic (exact) mass is 1190 g/mol. The van der Waals surface area contributed by atoms with Gasteiger partial charge in [0.05, 0.1) is 49.3 Å². The molecule has 1 aromatic carbocycles. The fraction of sp³-hybridized carbons (Fsp3) is 0.710. The number of amides is 6. The zero-order valence-corrected chi connectivity index (χ0v) is 52.0. The molecule has 0 bridgehead atoms. The molecule has 3 saturated heterocycles. The summed E-state index contributed by atoms with van der Waals surface area (Å²) in [6, 6.07) is 9.44. The summed E-state index contributed by atoms with van der Waals surface area (Å²) in [7, 11) is 6.58. The molecule has 10 atom stereocenters. The van der Waals surface area contributed by atoms with Crippen LogP contribution in [0.3, 0.4) is 0 Å². The first-order valence-corrected chi connectivity index (χ1v) is 30.7. The summed E-state index contributed by atoms with van der Waals surface area (Å²) < 4.78 is 18.6. The van der Waals surface area contributed by atoms with Crippen molar-refractivity contribution < 1.29 is 72.5 Å². The molecule has 10 unspecified atom stereocenters. The maximum Gasteiger partial charge on any atom is 0.333 e. The lowest BCUT2D eigenvalue weighted by atomic mass is 9.89. The van der Waals surface area contributed by atoms with Gasteiger partial charge < -0.3 is 54.6 Å². The van der Waals surface area contributed by atoms with Crippen LogP contribution in [0.4, 0.5) is 0 Å². The smallest absolute Gasteiger partial charge is 0.333 e. The molecule has 23 heteroatoms. The molecule has 85 heavy (non-hydrogen) atoms. The Labute approximate surface area is 501 Å². The van der Waals surface area contributed by atoms with Gasteiger partial charge in [-0.25, -0.2) is 9.86 Å². The molecule has 4 heterocycles. The number of ether oxygens (including phenoxy) is 3. The van der Waals surface area contributed by atoms with E-state index in [9.17, 15) is 48.6 Å². The molecule has 1 saturated carbocycles. The normalized spacial score (nSPS) is 21.6. The predicted molar refractivity (Wildman–Crippen MR) is 314 cm³/mol. The van der Waals surface area contributed by atoms with Crippen molar-refractivity contribution in [2.24, 2.45) is 23.7 Å². The van der Waals surface area contributed by atoms with Crippen molar-refractivity contribution in [1.29, 1.82) is 0 Å². The van der Waals surface area contributed by atoms with Crippen molar-refractivity contribution in [2.75, 3.05) is 67.6 Å². The molecule has 6 rings (SSSR count). The van der Waals surface area contributed by atoms with Crippen molar-refractivity contribution in [3.63, 3.8) is 0 Å². The van der Waals surface area contributed by atoms with Crippen LogP contribution in [0, 0.1) is 23.7 Å². The number of aromatic nitrogens is 1. The molecule has 0 spiro atoms. The molecule has 1 aromatic heterocycles. The number of likely N-dealkylation sites (N-methyl/N-ethyl adjacent to an activating group) is 2. The quantitative estimate of drug-likeness (QED) is 0.0754. The number of hydroxylamine groups is 2. The van der Waals surface area contributed by atoms with E-state index >= 15 is 0 Å². The van der Waals surface area contributed by atoms with Crippen LogP contribution in [0.5, 0.6) is 11.8 Å². The first kappa shape index (κ1) is 67.8. The Balaban J connectivity index is 0.998. The van der Waals surface area contributed by atoms with E-state index < -0.39 is 65.6 Å². The number of carbonyl (C=O) groups excluding carboxylic acids is 8. The van der Waals surface area contributed by atoms with E-state index in [1.165, 1.54) is 31.4 Å². The molecule has 3 aliphatic heterocycles. The highest BCUT2D eigenvalue weighted by atomic mass is 16.7. The van der Waals surface area contributed by atoms with Gasteiger partial charge >= 0.3 is 11.9 Å². The van der Waals surface area contributed by atoms with Crippen molar-refractivity contribution >= 4 is 47.4 Å². The van der Waals surface area contributed by atoms with Gasteiger partial charge in [-0.05, 0) is 81.9 Å². The van der Waals surface area contributed by atoms with Gasteiger partial charge in [-0.2, -0.15) is 0 Å². The minimum Gasteiger partial charge on any atom is -0.492 e. The van der Waals surface area contributed by atoms with Crippen LogP contribution in [0.15, 0.2) is 42.5 Å². The van der Waals surface area contributed by atoms with E-state index in [1.807, 2.05) is 83.8 Å². The zero-order valence-electron chi connectivity index (χ0n) is 52.0. The zero-order chi connectivity index (χ0) is 62.3. The van der Waals surface area contributed by atoms with Crippen LogP contribution < -0.4 is 15.5 Å². The summed E-state index contributed by atoms with van der Waals surface area (Å²) in [5.74, 6) is -5.17. The summed E-state index contributed by atoms with van der Waals surface area (Å²) in [4.78, 5) is 128. The average Bonchev–Trinajstić information content (AvgIpc) is 1.97. The number of hydrogen-bond acceptors (Lipinski definition) is 16. The van der Waals surface area contributed by atoms with E-state index in [0.717, 1.165) is 18.4 Å². The molecule has 4 aliphatic rings. The van der Waals surface area contributed by atoms with Gasteiger partial charge in [0.1, 0.15) is 17.7 Å². The lowest BCUT2D eigenvalue weighted by Gasteiger charge is -2.41. The van der Waals surface area contributed by atoms with E-state index in [0.29, 0.717) is 89.0 Å². The Morgan fingerprint density at radius 1 is 0.765 bits per heavy atom. The SMILES string of the molecule is CCC(C)C(C(CC(=O)N1CCCC1C(OC)C(C)C(=O)NC1(C(=O)N2CCCCO2)CC1c1ccccc1)OC)N(C)C(=O)C(NC(=O)C(C(C)C)N(C)CCCC(=O)OC1CCN(C(=O)CCCC(=O)On2c(O)ccc2O)CC1)C(C)C. The van der Waals surface area contributed by atoms with Crippen molar-refractivity contribution in [3.8, 4) is 11.8 Å². The number of carbonyl (C=O) groups is 8. The highest BCUT2D eigenvalue weighted by Crippen LogP contribution is 2.53. The second-order valence-electron chi connectivity index (χ2n) is 24.4. The Kier molecular flexibility index (Phi) is 25.0. The molecular formula is C62H96N8O15. The lowest BCUT2D eigenvalue weighted by Crippen LogP contribution is -2.60. The molecule has 2 aromatic rings. The summed E-state index contributed by atoms with van der Waals surface area (Å²) in [5, 5.41) is 27.0. The lowest BCUT2D eigenvalue weighted by molar-refractivity contribution is -0.200. The van der Waals surface area contributed by atoms with Gasteiger partial charge in [-0.15, -0.1) is 4.73 Å². The molecule has 23 nitrogen and oxygen atoms in total. The average molecular weight is 1190 g/mol. The fourth-order valence-electron chi connectivity index (χ4n) is 12.6. The Hall–Kier alpha value is -6.30. The van der Waals surface area contributed by atoms with Gasteiger partial charge in [-0.1, -0.05) is 85.2 Å². The Morgan fingerprint density at radius 2 is 1.44 bits per heavy atom.